The molecule has 0 heterocycles. The molecule has 0 saturated carbocycles. The van der Waals surface area contributed by atoms with Gasteiger partial charge in [0.1, 0.15) is 0 Å². The highest BCUT2D eigenvalue weighted by atomic mass is 16.5. The van der Waals surface area contributed by atoms with Crippen molar-refractivity contribution in [1.29, 1.82) is 0 Å². The lowest BCUT2D eigenvalue weighted by molar-refractivity contribution is 0.127. The minimum absolute atomic E-state index is 0.240. The lowest BCUT2D eigenvalue weighted by Gasteiger charge is -2.20. The molecule has 0 atom stereocenters. The maximum Gasteiger partial charge on any atom is 0.0478 e. The molecule has 0 aromatic carbocycles. The summed E-state index contributed by atoms with van der Waals surface area (Å²) in [6.45, 7) is 11.6. The van der Waals surface area contributed by atoms with E-state index >= 15 is 0 Å². The third kappa shape index (κ3) is 11.9. The van der Waals surface area contributed by atoms with Crippen molar-refractivity contribution < 1.29 is 4.74 Å². The van der Waals surface area contributed by atoms with Gasteiger partial charge in [0, 0.05) is 18.8 Å². The van der Waals surface area contributed by atoms with Gasteiger partial charge in [0.2, 0.25) is 0 Å². The SMILES string of the molecule is CCCCOCCCNC(C)(C)C. The first-order valence-electron chi connectivity index (χ1n) is 5.39. The molecule has 0 radical (unpaired) electrons. The molecule has 0 aliphatic rings. The molecule has 0 spiro atoms. The van der Waals surface area contributed by atoms with Crippen LogP contribution in [0.25, 0.3) is 0 Å². The van der Waals surface area contributed by atoms with E-state index in [4.69, 9.17) is 4.74 Å². The van der Waals surface area contributed by atoms with Gasteiger partial charge in [-0.05, 0) is 40.2 Å². The second-order valence-corrected chi connectivity index (χ2v) is 4.50. The van der Waals surface area contributed by atoms with Crippen LogP contribution in [-0.4, -0.2) is 25.3 Å². The van der Waals surface area contributed by atoms with E-state index in [1.807, 2.05) is 0 Å². The standard InChI is InChI=1S/C11H25NO/c1-5-6-9-13-10-7-8-12-11(2,3)4/h12H,5-10H2,1-4H3. The number of hydrogen-bond acceptors (Lipinski definition) is 2. The van der Waals surface area contributed by atoms with Gasteiger partial charge in [0.15, 0.2) is 0 Å². The van der Waals surface area contributed by atoms with Crippen molar-refractivity contribution in [3.8, 4) is 0 Å². The number of ether oxygens (including phenoxy) is 1. The Kier molecular flexibility index (Phi) is 7.29. The molecule has 2 heteroatoms. The predicted octanol–water partition coefficient (Wildman–Crippen LogP) is 2.58. The smallest absolute Gasteiger partial charge is 0.0478 e. The van der Waals surface area contributed by atoms with E-state index in [9.17, 15) is 0 Å². The van der Waals surface area contributed by atoms with Crippen LogP contribution in [0.1, 0.15) is 47.0 Å². The Morgan fingerprint density at radius 1 is 1.08 bits per heavy atom. The quantitative estimate of drug-likeness (QED) is 0.619. The number of rotatable bonds is 7. The van der Waals surface area contributed by atoms with Crippen molar-refractivity contribution in [3.63, 3.8) is 0 Å². The van der Waals surface area contributed by atoms with E-state index in [1.54, 1.807) is 0 Å². The Hall–Kier alpha value is -0.0800. The van der Waals surface area contributed by atoms with E-state index in [0.29, 0.717) is 0 Å². The molecule has 0 aromatic rings. The summed E-state index contributed by atoms with van der Waals surface area (Å²) in [7, 11) is 0. The fourth-order valence-corrected chi connectivity index (χ4v) is 0.986. The van der Waals surface area contributed by atoms with Crippen molar-refractivity contribution >= 4 is 0 Å². The molecule has 0 aliphatic carbocycles. The fraction of sp³-hybridized carbons (Fsp3) is 1.00. The van der Waals surface area contributed by atoms with Crippen molar-refractivity contribution in [1.82, 2.24) is 5.32 Å². The van der Waals surface area contributed by atoms with Gasteiger partial charge in [-0.3, -0.25) is 0 Å². The molecule has 0 saturated heterocycles. The first kappa shape index (κ1) is 12.9. The predicted molar refractivity (Wildman–Crippen MR) is 58.1 cm³/mol. The largest absolute Gasteiger partial charge is 0.381 e. The fourth-order valence-electron chi connectivity index (χ4n) is 0.986. The second kappa shape index (κ2) is 7.34. The second-order valence-electron chi connectivity index (χ2n) is 4.50. The molecule has 2 nitrogen and oxygen atoms in total. The first-order chi connectivity index (χ1) is 6.06. The summed E-state index contributed by atoms with van der Waals surface area (Å²) in [5.41, 5.74) is 0.240. The number of hydrogen-bond donors (Lipinski definition) is 1. The number of nitrogens with one attached hydrogen (secondary N) is 1. The van der Waals surface area contributed by atoms with Crippen molar-refractivity contribution in [3.05, 3.63) is 0 Å². The van der Waals surface area contributed by atoms with Crippen LogP contribution in [0.2, 0.25) is 0 Å². The molecule has 80 valence electrons. The van der Waals surface area contributed by atoms with Crippen molar-refractivity contribution in [2.24, 2.45) is 0 Å². The van der Waals surface area contributed by atoms with E-state index in [0.717, 1.165) is 26.2 Å². The molecule has 0 aliphatic heterocycles. The molecule has 1 N–H and O–H groups in total. The topological polar surface area (TPSA) is 21.3 Å². The van der Waals surface area contributed by atoms with E-state index in [2.05, 4.69) is 33.0 Å². The van der Waals surface area contributed by atoms with E-state index in [-0.39, 0.29) is 5.54 Å². The zero-order chi connectivity index (χ0) is 10.2. The van der Waals surface area contributed by atoms with E-state index < -0.39 is 0 Å². The lowest BCUT2D eigenvalue weighted by Crippen LogP contribution is -2.36. The summed E-state index contributed by atoms with van der Waals surface area (Å²) < 4.78 is 5.45. The Labute approximate surface area is 83.1 Å². The van der Waals surface area contributed by atoms with Gasteiger partial charge < -0.3 is 10.1 Å². The van der Waals surface area contributed by atoms with Gasteiger partial charge in [0.05, 0.1) is 0 Å². The van der Waals surface area contributed by atoms with Crippen LogP contribution in [0.3, 0.4) is 0 Å². The Balaban J connectivity index is 3.00. The molecular weight excluding hydrogens is 162 g/mol. The molecule has 0 amide bonds. The summed E-state index contributed by atoms with van der Waals surface area (Å²) in [5, 5.41) is 3.43. The average Bonchev–Trinajstić information content (AvgIpc) is 2.01. The van der Waals surface area contributed by atoms with Crippen LogP contribution < -0.4 is 5.32 Å². The van der Waals surface area contributed by atoms with Crippen molar-refractivity contribution in [2.75, 3.05) is 19.8 Å². The Morgan fingerprint density at radius 2 is 1.69 bits per heavy atom. The van der Waals surface area contributed by atoms with Gasteiger partial charge >= 0.3 is 0 Å². The first-order valence-corrected chi connectivity index (χ1v) is 5.39. The van der Waals surface area contributed by atoms with Crippen LogP contribution in [0, 0.1) is 0 Å². The summed E-state index contributed by atoms with van der Waals surface area (Å²) in [6, 6.07) is 0. The van der Waals surface area contributed by atoms with Crippen LogP contribution in [0.5, 0.6) is 0 Å². The maximum absolute atomic E-state index is 5.45. The van der Waals surface area contributed by atoms with Crippen LogP contribution in [0.4, 0.5) is 0 Å². The minimum Gasteiger partial charge on any atom is -0.381 e. The minimum atomic E-state index is 0.240. The number of unbranched alkanes of at least 4 members (excludes halogenated alkanes) is 1. The summed E-state index contributed by atoms with van der Waals surface area (Å²) >= 11 is 0. The highest BCUT2D eigenvalue weighted by Crippen LogP contribution is 1.98. The highest BCUT2D eigenvalue weighted by Gasteiger charge is 2.06. The third-order valence-corrected chi connectivity index (χ3v) is 1.76. The molecule has 0 bridgehead atoms. The van der Waals surface area contributed by atoms with Crippen LogP contribution >= 0.6 is 0 Å². The van der Waals surface area contributed by atoms with Gasteiger partial charge in [0.25, 0.3) is 0 Å². The van der Waals surface area contributed by atoms with Crippen molar-refractivity contribution in [2.45, 2.75) is 52.5 Å². The molecule has 0 fully saturated rings. The Morgan fingerprint density at radius 3 is 2.23 bits per heavy atom. The summed E-state index contributed by atoms with van der Waals surface area (Å²) in [4.78, 5) is 0. The monoisotopic (exact) mass is 187 g/mol. The van der Waals surface area contributed by atoms with E-state index in [1.165, 1.54) is 12.8 Å². The normalized spacial score (nSPS) is 12.0. The highest BCUT2D eigenvalue weighted by molar-refractivity contribution is 4.69. The maximum atomic E-state index is 5.45. The molecule has 0 aromatic heterocycles. The molecular formula is C11H25NO. The lowest BCUT2D eigenvalue weighted by atomic mass is 10.1. The average molecular weight is 187 g/mol. The zero-order valence-corrected chi connectivity index (χ0v) is 9.65. The third-order valence-electron chi connectivity index (χ3n) is 1.76. The van der Waals surface area contributed by atoms with Gasteiger partial charge in [-0.2, -0.15) is 0 Å². The Bertz CT molecular complexity index is 107. The molecule has 13 heavy (non-hydrogen) atoms. The molecule has 0 rings (SSSR count). The van der Waals surface area contributed by atoms with Crippen LogP contribution in [0.15, 0.2) is 0 Å². The van der Waals surface area contributed by atoms with Gasteiger partial charge in [-0.15, -0.1) is 0 Å². The summed E-state index contributed by atoms with van der Waals surface area (Å²) in [6.07, 6.45) is 3.52. The zero-order valence-electron chi connectivity index (χ0n) is 9.65. The van der Waals surface area contributed by atoms with Gasteiger partial charge in [-0.1, -0.05) is 13.3 Å². The summed E-state index contributed by atoms with van der Waals surface area (Å²) in [5.74, 6) is 0. The molecule has 0 unspecified atom stereocenters. The van der Waals surface area contributed by atoms with Gasteiger partial charge in [-0.25, -0.2) is 0 Å². The van der Waals surface area contributed by atoms with Crippen LogP contribution in [-0.2, 0) is 4.74 Å².